The fraction of sp³-hybridized carbons (Fsp3) is 0.250. The van der Waals surface area contributed by atoms with Crippen molar-refractivity contribution in [2.75, 3.05) is 13.2 Å². The molecule has 3 aromatic carbocycles. The molecule has 0 spiro atoms. The maximum absolute atomic E-state index is 13.1. The highest BCUT2D eigenvalue weighted by Crippen LogP contribution is 2.36. The third kappa shape index (κ3) is 9.94. The predicted octanol–water partition coefficient (Wildman–Crippen LogP) is 5.53. The fourth-order valence-electron chi connectivity index (χ4n) is 3.56. The molecule has 0 heterocycles. The van der Waals surface area contributed by atoms with E-state index >= 15 is 0 Å². The molecular weight excluding hydrogens is 558 g/mol. The van der Waals surface area contributed by atoms with Crippen molar-refractivity contribution in [2.45, 2.75) is 31.6 Å². The number of halogens is 6. The molecule has 13 heteroatoms. The highest BCUT2D eigenvalue weighted by molar-refractivity contribution is 6.02. The quantitative estimate of drug-likeness (QED) is 0.229. The van der Waals surface area contributed by atoms with Gasteiger partial charge in [-0.1, -0.05) is 60.7 Å². The van der Waals surface area contributed by atoms with Gasteiger partial charge in [-0.2, -0.15) is 26.3 Å². The predicted molar refractivity (Wildman–Crippen MR) is 133 cm³/mol. The number of alkyl halides is 6. The standard InChI is InChI=1S/C28H24F6N2O5/c29-27(30,31)21-11-19(12-22(13-21)28(32,33)34)15-40-17-23(25(38)20-9-5-2-6-10-20)36-24(37)14-35-26(39)41-16-18-7-3-1-4-8-18/h1-13,23H,14-17H2,(H,35,39)(H,36,37)/t23-/m1/s1. The van der Waals surface area contributed by atoms with Crippen molar-refractivity contribution in [1.29, 1.82) is 0 Å². The Bertz CT molecular complexity index is 1300. The lowest BCUT2D eigenvalue weighted by Gasteiger charge is -2.19. The Morgan fingerprint density at radius 1 is 0.732 bits per heavy atom. The molecule has 7 nitrogen and oxygen atoms in total. The molecule has 218 valence electrons. The van der Waals surface area contributed by atoms with Crippen molar-refractivity contribution in [3.63, 3.8) is 0 Å². The monoisotopic (exact) mass is 582 g/mol. The number of rotatable bonds is 11. The van der Waals surface area contributed by atoms with E-state index in [1.165, 1.54) is 12.1 Å². The van der Waals surface area contributed by atoms with Gasteiger partial charge in [-0.25, -0.2) is 4.79 Å². The summed E-state index contributed by atoms with van der Waals surface area (Å²) >= 11 is 0. The molecule has 2 N–H and O–H groups in total. The van der Waals surface area contributed by atoms with Crippen LogP contribution in [0.5, 0.6) is 0 Å². The summed E-state index contributed by atoms with van der Waals surface area (Å²) in [5.41, 5.74) is -2.59. The Morgan fingerprint density at radius 3 is 1.85 bits per heavy atom. The van der Waals surface area contributed by atoms with Crippen molar-refractivity contribution in [1.82, 2.24) is 10.6 Å². The molecule has 0 unspecified atom stereocenters. The molecule has 3 aromatic rings. The molecule has 0 bridgehead atoms. The minimum atomic E-state index is -5.04. The summed E-state index contributed by atoms with van der Waals surface area (Å²) in [6.07, 6.45) is -11.0. The normalized spacial score (nSPS) is 12.3. The first-order valence-corrected chi connectivity index (χ1v) is 12.0. The van der Waals surface area contributed by atoms with Crippen LogP contribution in [0.2, 0.25) is 0 Å². The van der Waals surface area contributed by atoms with Crippen LogP contribution in [-0.2, 0) is 39.8 Å². The average Bonchev–Trinajstić information content (AvgIpc) is 2.94. The molecule has 0 aliphatic carbocycles. The zero-order chi connectivity index (χ0) is 30.0. The summed E-state index contributed by atoms with van der Waals surface area (Å²) in [4.78, 5) is 37.4. The first kappa shape index (κ1) is 31.1. The average molecular weight is 582 g/mol. The maximum Gasteiger partial charge on any atom is 0.416 e. The summed E-state index contributed by atoms with van der Waals surface area (Å²) in [5.74, 6) is -1.46. The van der Waals surface area contributed by atoms with E-state index in [-0.39, 0.29) is 18.2 Å². The van der Waals surface area contributed by atoms with Crippen LogP contribution in [0.1, 0.15) is 32.6 Å². The summed E-state index contributed by atoms with van der Waals surface area (Å²) < 4.78 is 89.2. The van der Waals surface area contributed by atoms with E-state index in [4.69, 9.17) is 9.47 Å². The lowest BCUT2D eigenvalue weighted by atomic mass is 10.0. The van der Waals surface area contributed by atoms with E-state index in [0.717, 1.165) is 0 Å². The molecule has 3 rings (SSSR count). The van der Waals surface area contributed by atoms with Gasteiger partial charge < -0.3 is 20.1 Å². The summed E-state index contributed by atoms with van der Waals surface area (Å²) in [7, 11) is 0. The zero-order valence-electron chi connectivity index (χ0n) is 21.2. The van der Waals surface area contributed by atoms with E-state index in [0.29, 0.717) is 17.7 Å². The van der Waals surface area contributed by atoms with Crippen LogP contribution in [0.15, 0.2) is 78.9 Å². The van der Waals surface area contributed by atoms with Gasteiger partial charge in [0.15, 0.2) is 5.78 Å². The summed E-state index contributed by atoms with van der Waals surface area (Å²) in [6, 6.07) is 16.0. The number of hydrogen-bond acceptors (Lipinski definition) is 5. The number of benzene rings is 3. The second kappa shape index (κ2) is 13.8. The smallest absolute Gasteiger partial charge is 0.416 e. The van der Waals surface area contributed by atoms with Crippen LogP contribution in [0, 0.1) is 0 Å². The van der Waals surface area contributed by atoms with Crippen molar-refractivity contribution in [2.24, 2.45) is 0 Å². The van der Waals surface area contributed by atoms with Gasteiger partial charge in [-0.05, 0) is 29.3 Å². The molecule has 0 radical (unpaired) electrons. The van der Waals surface area contributed by atoms with E-state index in [2.05, 4.69) is 10.6 Å². The number of nitrogens with one attached hydrogen (secondary N) is 2. The molecule has 0 aromatic heterocycles. The van der Waals surface area contributed by atoms with Crippen LogP contribution in [-0.4, -0.2) is 37.0 Å². The first-order valence-electron chi connectivity index (χ1n) is 12.0. The van der Waals surface area contributed by atoms with E-state index in [1.54, 1.807) is 48.5 Å². The van der Waals surface area contributed by atoms with Gasteiger partial charge >= 0.3 is 18.4 Å². The molecule has 41 heavy (non-hydrogen) atoms. The van der Waals surface area contributed by atoms with Crippen molar-refractivity contribution >= 4 is 17.8 Å². The van der Waals surface area contributed by atoms with E-state index in [9.17, 15) is 40.7 Å². The lowest BCUT2D eigenvalue weighted by Crippen LogP contribution is -2.47. The fourth-order valence-corrected chi connectivity index (χ4v) is 3.56. The van der Waals surface area contributed by atoms with Crippen molar-refractivity contribution in [3.05, 3.63) is 107 Å². The second-order valence-corrected chi connectivity index (χ2v) is 8.69. The molecule has 2 amide bonds. The molecule has 0 saturated heterocycles. The SMILES string of the molecule is O=C(CNC(=O)OCc1ccccc1)N[C@H](COCc1cc(C(F)(F)F)cc(C(F)(F)F)c1)C(=O)c1ccccc1. The molecular formula is C28H24F6N2O5. The van der Waals surface area contributed by atoms with Gasteiger partial charge in [0.1, 0.15) is 19.2 Å². The number of ketones is 1. The first-order chi connectivity index (χ1) is 19.3. The number of alkyl carbamates (subject to hydrolysis) is 1. The van der Waals surface area contributed by atoms with Gasteiger partial charge in [-0.15, -0.1) is 0 Å². The number of Topliss-reactive ketones (excluding diaryl/α,β-unsaturated/α-hetero) is 1. The van der Waals surface area contributed by atoms with Gasteiger partial charge in [0.2, 0.25) is 5.91 Å². The minimum absolute atomic E-state index is 0.0106. The van der Waals surface area contributed by atoms with Crippen LogP contribution < -0.4 is 10.6 Å². The Labute approximate surface area is 230 Å². The largest absolute Gasteiger partial charge is 0.445 e. The number of amides is 2. The van der Waals surface area contributed by atoms with Gasteiger partial charge in [0.05, 0.1) is 24.3 Å². The van der Waals surface area contributed by atoms with E-state index < -0.39 is 72.6 Å². The molecule has 0 saturated carbocycles. The van der Waals surface area contributed by atoms with Crippen molar-refractivity contribution in [3.8, 4) is 0 Å². The topological polar surface area (TPSA) is 93.7 Å². The Balaban J connectivity index is 1.64. The Morgan fingerprint density at radius 2 is 1.29 bits per heavy atom. The van der Waals surface area contributed by atoms with Crippen LogP contribution in [0.4, 0.5) is 31.1 Å². The maximum atomic E-state index is 13.1. The third-order valence-electron chi connectivity index (χ3n) is 5.52. The number of hydrogen-bond donors (Lipinski definition) is 2. The van der Waals surface area contributed by atoms with Gasteiger partial charge in [0, 0.05) is 5.56 Å². The lowest BCUT2D eigenvalue weighted by molar-refractivity contribution is -0.143. The second-order valence-electron chi connectivity index (χ2n) is 8.69. The number of carbonyl (C=O) groups excluding carboxylic acids is 3. The minimum Gasteiger partial charge on any atom is -0.445 e. The number of carbonyl (C=O) groups is 3. The Hall–Kier alpha value is -4.39. The zero-order valence-corrected chi connectivity index (χ0v) is 21.2. The molecule has 0 aliphatic rings. The van der Waals surface area contributed by atoms with E-state index in [1.807, 2.05) is 0 Å². The van der Waals surface area contributed by atoms with Gasteiger partial charge in [-0.3, -0.25) is 9.59 Å². The molecule has 0 fully saturated rings. The third-order valence-corrected chi connectivity index (χ3v) is 5.52. The highest BCUT2D eigenvalue weighted by Gasteiger charge is 2.37. The Kier molecular flexibility index (Phi) is 10.5. The summed E-state index contributed by atoms with van der Waals surface area (Å²) in [5, 5.41) is 4.58. The molecule has 0 aliphatic heterocycles. The van der Waals surface area contributed by atoms with Crippen LogP contribution in [0.25, 0.3) is 0 Å². The van der Waals surface area contributed by atoms with Crippen LogP contribution >= 0.6 is 0 Å². The highest BCUT2D eigenvalue weighted by atomic mass is 19.4. The number of ether oxygens (including phenoxy) is 2. The van der Waals surface area contributed by atoms with Gasteiger partial charge in [0.25, 0.3) is 0 Å². The van der Waals surface area contributed by atoms with Crippen molar-refractivity contribution < 1.29 is 50.2 Å². The molecule has 1 atom stereocenters. The van der Waals surface area contributed by atoms with Crippen LogP contribution in [0.3, 0.4) is 0 Å². The summed E-state index contributed by atoms with van der Waals surface area (Å²) in [6.45, 7) is -1.95.